The topological polar surface area (TPSA) is 29.9 Å². The van der Waals surface area contributed by atoms with Crippen LogP contribution in [0.5, 0.6) is 0 Å². The van der Waals surface area contributed by atoms with Gasteiger partial charge in [-0.05, 0) is 50.2 Å². The molecule has 1 heterocycles. The third kappa shape index (κ3) is 3.32. The lowest BCUT2D eigenvalue weighted by molar-refractivity contribution is 0.361. The number of aromatic nitrogens is 2. The van der Waals surface area contributed by atoms with Crippen molar-refractivity contribution in [3.05, 3.63) is 16.4 Å². The zero-order valence-electron chi connectivity index (χ0n) is 11.7. The molecule has 0 spiro atoms. The first-order valence-corrected chi connectivity index (χ1v) is 6.99. The molecule has 0 aliphatic rings. The number of rotatable bonds is 5. The first-order valence-electron chi connectivity index (χ1n) is 6.20. The second kappa shape index (κ2) is 5.53. The molecule has 17 heavy (non-hydrogen) atoms. The van der Waals surface area contributed by atoms with E-state index in [2.05, 4.69) is 65.6 Å². The van der Waals surface area contributed by atoms with Gasteiger partial charge in [-0.3, -0.25) is 4.68 Å². The van der Waals surface area contributed by atoms with Crippen molar-refractivity contribution in [1.29, 1.82) is 0 Å². The molecule has 0 aliphatic heterocycles. The minimum Gasteiger partial charge on any atom is -0.317 e. The molecule has 1 aromatic heterocycles. The molecule has 0 radical (unpaired) electrons. The predicted molar refractivity (Wildman–Crippen MR) is 76.5 cm³/mol. The molecule has 4 heteroatoms. The van der Waals surface area contributed by atoms with E-state index in [1.165, 1.54) is 5.69 Å². The predicted octanol–water partition coefficient (Wildman–Crippen LogP) is 3.50. The summed E-state index contributed by atoms with van der Waals surface area (Å²) in [5.74, 6) is 0. The van der Waals surface area contributed by atoms with Crippen molar-refractivity contribution in [2.24, 2.45) is 0 Å². The highest BCUT2D eigenvalue weighted by Crippen LogP contribution is 2.35. The van der Waals surface area contributed by atoms with Gasteiger partial charge in [0.05, 0.1) is 16.4 Å². The van der Waals surface area contributed by atoms with Crippen molar-refractivity contribution < 1.29 is 0 Å². The van der Waals surface area contributed by atoms with E-state index in [1.807, 2.05) is 13.2 Å². The lowest BCUT2D eigenvalue weighted by atomic mass is 9.82. The van der Waals surface area contributed by atoms with E-state index in [1.54, 1.807) is 0 Å². The fourth-order valence-corrected chi connectivity index (χ4v) is 3.14. The average Bonchev–Trinajstić information content (AvgIpc) is 2.60. The summed E-state index contributed by atoms with van der Waals surface area (Å²) in [5, 5.41) is 7.77. The Morgan fingerprint density at radius 1 is 1.41 bits per heavy atom. The maximum Gasteiger partial charge on any atom is 0.0635 e. The van der Waals surface area contributed by atoms with Crippen LogP contribution < -0.4 is 5.32 Å². The van der Waals surface area contributed by atoms with Crippen molar-refractivity contribution in [3.63, 3.8) is 0 Å². The second-order valence-electron chi connectivity index (χ2n) is 5.66. The van der Waals surface area contributed by atoms with Gasteiger partial charge in [0.2, 0.25) is 0 Å². The summed E-state index contributed by atoms with van der Waals surface area (Å²) >= 11 is 3.63. The monoisotopic (exact) mass is 301 g/mol. The van der Waals surface area contributed by atoms with E-state index in [0.29, 0.717) is 12.1 Å². The summed E-state index contributed by atoms with van der Waals surface area (Å²) in [6.07, 6.45) is 2.99. The molecule has 0 fully saturated rings. The molecule has 1 aromatic rings. The van der Waals surface area contributed by atoms with E-state index in [9.17, 15) is 0 Å². The standard InChI is InChI=1S/C13H24BrN3/c1-9(2)17-12(11(14)8-16-17)13(4,5)7-10(3)15-6/h8-10,15H,7H2,1-6H3. The van der Waals surface area contributed by atoms with Gasteiger partial charge in [-0.1, -0.05) is 13.8 Å². The molecular formula is C13H24BrN3. The first-order chi connectivity index (χ1) is 7.79. The smallest absolute Gasteiger partial charge is 0.0635 e. The van der Waals surface area contributed by atoms with Crippen LogP contribution in [0, 0.1) is 0 Å². The highest BCUT2D eigenvalue weighted by Gasteiger charge is 2.29. The van der Waals surface area contributed by atoms with E-state index in [0.717, 1.165) is 10.9 Å². The first kappa shape index (κ1) is 14.7. The summed E-state index contributed by atoms with van der Waals surface area (Å²) in [7, 11) is 2.01. The maximum atomic E-state index is 4.46. The van der Waals surface area contributed by atoms with Gasteiger partial charge in [-0.15, -0.1) is 0 Å². The number of nitrogens with zero attached hydrogens (tertiary/aromatic N) is 2. The molecule has 0 amide bonds. The molecule has 1 atom stereocenters. The van der Waals surface area contributed by atoms with E-state index >= 15 is 0 Å². The van der Waals surface area contributed by atoms with E-state index < -0.39 is 0 Å². The number of hydrogen-bond donors (Lipinski definition) is 1. The summed E-state index contributed by atoms with van der Waals surface area (Å²) in [4.78, 5) is 0. The van der Waals surface area contributed by atoms with E-state index in [4.69, 9.17) is 0 Å². The summed E-state index contributed by atoms with van der Waals surface area (Å²) in [5.41, 5.74) is 1.39. The molecule has 0 aliphatic carbocycles. The van der Waals surface area contributed by atoms with Crippen LogP contribution in [0.15, 0.2) is 10.7 Å². The highest BCUT2D eigenvalue weighted by molar-refractivity contribution is 9.10. The molecule has 1 rings (SSSR count). The van der Waals surface area contributed by atoms with Gasteiger partial charge in [0.15, 0.2) is 0 Å². The molecule has 0 bridgehead atoms. The Kier molecular flexibility index (Phi) is 4.78. The van der Waals surface area contributed by atoms with Crippen LogP contribution >= 0.6 is 15.9 Å². The van der Waals surface area contributed by atoms with Crippen molar-refractivity contribution in [2.75, 3.05) is 7.05 Å². The quantitative estimate of drug-likeness (QED) is 0.902. The van der Waals surface area contributed by atoms with Crippen LogP contribution in [0.3, 0.4) is 0 Å². The summed E-state index contributed by atoms with van der Waals surface area (Å²) < 4.78 is 3.23. The van der Waals surface area contributed by atoms with Gasteiger partial charge in [0, 0.05) is 17.5 Å². The van der Waals surface area contributed by atoms with Gasteiger partial charge in [0.1, 0.15) is 0 Å². The van der Waals surface area contributed by atoms with Crippen LogP contribution in [0.1, 0.15) is 52.8 Å². The third-order valence-corrected chi connectivity index (χ3v) is 3.77. The fourth-order valence-electron chi connectivity index (χ4n) is 2.33. The van der Waals surface area contributed by atoms with Gasteiger partial charge in [0.25, 0.3) is 0 Å². The molecular weight excluding hydrogens is 278 g/mol. The average molecular weight is 302 g/mol. The van der Waals surface area contributed by atoms with Crippen molar-refractivity contribution in [1.82, 2.24) is 15.1 Å². The van der Waals surface area contributed by atoms with Crippen molar-refractivity contribution in [3.8, 4) is 0 Å². The minimum atomic E-state index is 0.0992. The van der Waals surface area contributed by atoms with Gasteiger partial charge >= 0.3 is 0 Å². The van der Waals surface area contributed by atoms with Gasteiger partial charge in [-0.25, -0.2) is 0 Å². The lowest BCUT2D eigenvalue weighted by Crippen LogP contribution is -2.33. The van der Waals surface area contributed by atoms with Crippen LogP contribution in [-0.4, -0.2) is 22.9 Å². The maximum absolute atomic E-state index is 4.46. The van der Waals surface area contributed by atoms with Crippen molar-refractivity contribution in [2.45, 2.75) is 58.5 Å². The molecule has 0 aromatic carbocycles. The van der Waals surface area contributed by atoms with Crippen LogP contribution in [-0.2, 0) is 5.41 Å². The Labute approximate surface area is 113 Å². The van der Waals surface area contributed by atoms with Crippen molar-refractivity contribution >= 4 is 15.9 Å². The Bertz CT molecular complexity index is 369. The SMILES string of the molecule is CNC(C)CC(C)(C)c1c(Br)cnn1C(C)C. The molecule has 1 N–H and O–H groups in total. The molecule has 3 nitrogen and oxygen atoms in total. The van der Waals surface area contributed by atoms with Crippen LogP contribution in [0.2, 0.25) is 0 Å². The van der Waals surface area contributed by atoms with Crippen LogP contribution in [0.25, 0.3) is 0 Å². The molecule has 0 saturated carbocycles. The second-order valence-corrected chi connectivity index (χ2v) is 6.51. The molecule has 98 valence electrons. The largest absolute Gasteiger partial charge is 0.317 e. The number of hydrogen-bond acceptors (Lipinski definition) is 2. The Morgan fingerprint density at radius 3 is 2.47 bits per heavy atom. The third-order valence-electron chi connectivity index (χ3n) is 3.19. The minimum absolute atomic E-state index is 0.0992. The lowest BCUT2D eigenvalue weighted by Gasteiger charge is -2.30. The Balaban J connectivity index is 3.08. The van der Waals surface area contributed by atoms with E-state index in [-0.39, 0.29) is 5.41 Å². The Hall–Kier alpha value is -0.350. The number of halogens is 1. The zero-order chi connectivity index (χ0) is 13.2. The Morgan fingerprint density at radius 2 is 2.00 bits per heavy atom. The number of nitrogens with one attached hydrogen (secondary N) is 1. The highest BCUT2D eigenvalue weighted by atomic mass is 79.9. The molecule has 1 unspecified atom stereocenters. The zero-order valence-corrected chi connectivity index (χ0v) is 13.3. The fraction of sp³-hybridized carbons (Fsp3) is 0.769. The van der Waals surface area contributed by atoms with Gasteiger partial charge in [-0.2, -0.15) is 5.10 Å². The summed E-state index contributed by atoms with van der Waals surface area (Å²) in [6.45, 7) is 11.1. The molecule has 0 saturated heterocycles. The normalized spacial score (nSPS) is 14.4. The summed E-state index contributed by atoms with van der Waals surface area (Å²) in [6, 6.07) is 0.882. The van der Waals surface area contributed by atoms with Gasteiger partial charge < -0.3 is 5.32 Å². The van der Waals surface area contributed by atoms with Crippen LogP contribution in [0.4, 0.5) is 0 Å².